The first kappa shape index (κ1) is 66.6. The minimum absolute atomic E-state index is 1.11. The van der Waals surface area contributed by atoms with Crippen LogP contribution in [-0.2, 0) is 0 Å². The molecule has 0 aliphatic heterocycles. The van der Waals surface area contributed by atoms with Crippen molar-refractivity contribution in [2.24, 2.45) is 0 Å². The molecule has 0 amide bonds. The Balaban J connectivity index is 0.000000139. The SMILES string of the molecule is c1ccc(N(c2ccc(-c3ccc(-n4c5ccccc5c5c6sc7ccccc7c6ccc54)cc3)cc2)c2ccc(-c3ccc4c(ccc5ccccc54)c3)cc2)cc1.c1ccc(N(c2ccc(-c3ccc4ccccc4c3)cc2)c2cccc(-c3cccc(-n4c5ccccc5c5cc6c(cc54)sc4ccccc46)c3)c2)cc1. The van der Waals surface area contributed by atoms with Gasteiger partial charge in [-0.2, -0.15) is 0 Å². The van der Waals surface area contributed by atoms with Crippen LogP contribution in [0.1, 0.15) is 0 Å². The molecule has 0 N–H and O–H groups in total. The molecule has 114 heavy (non-hydrogen) atoms. The van der Waals surface area contributed by atoms with Crippen molar-refractivity contribution in [1.29, 1.82) is 0 Å². The lowest BCUT2D eigenvalue weighted by Gasteiger charge is -2.26. The molecule has 4 aromatic heterocycles. The fourth-order valence-electron chi connectivity index (χ4n) is 17.4. The van der Waals surface area contributed by atoms with Crippen LogP contribution < -0.4 is 9.80 Å². The maximum Gasteiger partial charge on any atom is 0.0555 e. The first-order valence-electron chi connectivity index (χ1n) is 38.9. The van der Waals surface area contributed by atoms with Crippen LogP contribution in [0.15, 0.2) is 425 Å². The van der Waals surface area contributed by atoms with Gasteiger partial charge < -0.3 is 18.9 Å². The van der Waals surface area contributed by atoms with Crippen LogP contribution in [0.3, 0.4) is 0 Å². The lowest BCUT2D eigenvalue weighted by atomic mass is 9.97. The maximum absolute atomic E-state index is 2.44. The quantitative estimate of drug-likeness (QED) is 0.113. The molecule has 19 aromatic carbocycles. The second-order valence-corrected chi connectivity index (χ2v) is 31.7. The van der Waals surface area contributed by atoms with Gasteiger partial charge in [-0.3, -0.25) is 0 Å². The summed E-state index contributed by atoms with van der Waals surface area (Å²) in [5.41, 5.74) is 23.4. The third-order valence-corrected chi connectivity index (χ3v) is 25.3. The van der Waals surface area contributed by atoms with E-state index >= 15 is 0 Å². The van der Waals surface area contributed by atoms with Crippen LogP contribution in [0.5, 0.6) is 0 Å². The van der Waals surface area contributed by atoms with Gasteiger partial charge in [0.15, 0.2) is 0 Å². The number of hydrogen-bond donors (Lipinski definition) is 0. The Hall–Kier alpha value is -14.4. The zero-order chi connectivity index (χ0) is 75.2. The normalized spacial score (nSPS) is 11.7. The highest BCUT2D eigenvalue weighted by Crippen LogP contribution is 2.47. The molecule has 6 heteroatoms. The predicted octanol–water partition coefficient (Wildman–Crippen LogP) is 31.4. The van der Waals surface area contributed by atoms with E-state index in [1.165, 1.54) is 161 Å². The number of aromatic nitrogens is 2. The number of rotatable bonds is 12. The van der Waals surface area contributed by atoms with Gasteiger partial charge in [0.25, 0.3) is 0 Å². The highest BCUT2D eigenvalue weighted by atomic mass is 32.1. The number of benzene rings is 19. The highest BCUT2D eigenvalue weighted by Gasteiger charge is 2.22. The van der Waals surface area contributed by atoms with Gasteiger partial charge in [0.1, 0.15) is 0 Å². The molecule has 0 fully saturated rings. The van der Waals surface area contributed by atoms with Gasteiger partial charge in [0.05, 0.1) is 22.1 Å². The predicted molar refractivity (Wildman–Crippen MR) is 491 cm³/mol. The Morgan fingerprint density at radius 1 is 0.175 bits per heavy atom. The van der Waals surface area contributed by atoms with E-state index in [0.717, 1.165) is 45.5 Å². The van der Waals surface area contributed by atoms with Gasteiger partial charge in [0.2, 0.25) is 0 Å². The summed E-state index contributed by atoms with van der Waals surface area (Å²) >= 11 is 3.77. The smallest absolute Gasteiger partial charge is 0.0555 e. The van der Waals surface area contributed by atoms with Gasteiger partial charge in [0, 0.05) is 107 Å². The van der Waals surface area contributed by atoms with Gasteiger partial charge in [-0.1, -0.05) is 273 Å². The average molecular weight is 1490 g/mol. The minimum Gasteiger partial charge on any atom is -0.311 e. The van der Waals surface area contributed by atoms with Gasteiger partial charge in [-0.05, 0) is 228 Å². The second-order valence-electron chi connectivity index (χ2n) is 29.5. The maximum atomic E-state index is 2.44. The standard InChI is InChI=1S/C56H36N2S.C52H34N2S/c1-2-11-43(12-3-1)57(45-29-24-39(25-30-45)41-26-33-48-42(36-41)19-18-40-10-4-5-13-47(40)48)44-27-20-37(21-28-44)38-22-31-46(32-23-38)58-52-16-8-6-15-51(52)55-53(58)35-34-50-49-14-7-9-17-54(49)59-56(50)55;1-2-16-41(17-3-1)53(42-28-26-36(27-29-42)40-25-24-35-12-4-5-13-37(35)30-40)43-18-10-14-38(31-43)39-15-11-19-44(32-39)54-49-22-8-6-20-45(49)47-33-48-46-21-7-9-23-51(46)55-52(48)34-50(47)54/h1-36H;1-34H. The molecule has 0 unspecified atom stereocenters. The number of hydrogen-bond acceptors (Lipinski definition) is 4. The number of fused-ring (bicyclic) bond motifs is 17. The molecule has 0 radical (unpaired) electrons. The molecule has 23 aromatic rings. The molecule has 0 aliphatic rings. The molecular formula is C108H70N4S2. The van der Waals surface area contributed by atoms with E-state index in [1.54, 1.807) is 0 Å². The Morgan fingerprint density at radius 2 is 0.605 bits per heavy atom. The molecule has 0 aliphatic carbocycles. The third kappa shape index (κ3) is 11.7. The Morgan fingerprint density at radius 3 is 1.28 bits per heavy atom. The largest absolute Gasteiger partial charge is 0.311 e. The van der Waals surface area contributed by atoms with E-state index in [4.69, 9.17) is 0 Å². The summed E-state index contributed by atoms with van der Waals surface area (Å²) in [6, 6.07) is 155. The number of anilines is 6. The lowest BCUT2D eigenvalue weighted by molar-refractivity contribution is 1.18. The lowest BCUT2D eigenvalue weighted by Crippen LogP contribution is -2.09. The van der Waals surface area contributed by atoms with Crippen LogP contribution in [0, 0.1) is 0 Å². The first-order chi connectivity index (χ1) is 56.5. The molecule has 534 valence electrons. The molecule has 0 atom stereocenters. The van der Waals surface area contributed by atoms with E-state index < -0.39 is 0 Å². The summed E-state index contributed by atoms with van der Waals surface area (Å²) in [6.45, 7) is 0. The molecule has 4 nitrogen and oxygen atoms in total. The summed E-state index contributed by atoms with van der Waals surface area (Å²) in [5, 5.41) is 18.1. The number of thiophene rings is 2. The monoisotopic (exact) mass is 1490 g/mol. The Bertz CT molecular complexity index is 7640. The van der Waals surface area contributed by atoms with Crippen molar-refractivity contribution in [3.05, 3.63) is 425 Å². The van der Waals surface area contributed by atoms with E-state index in [2.05, 4.69) is 444 Å². The fraction of sp³-hybridized carbons (Fsp3) is 0. The van der Waals surface area contributed by atoms with E-state index in [0.29, 0.717) is 0 Å². The van der Waals surface area contributed by atoms with Crippen LogP contribution in [0.25, 0.3) is 172 Å². The average Bonchev–Trinajstić information content (AvgIpc) is 1.57. The van der Waals surface area contributed by atoms with Crippen LogP contribution in [-0.4, -0.2) is 9.13 Å². The number of nitrogens with zero attached hydrogens (tertiary/aromatic N) is 4. The zero-order valence-electron chi connectivity index (χ0n) is 62.0. The van der Waals surface area contributed by atoms with Gasteiger partial charge in [-0.25, -0.2) is 0 Å². The molecule has 0 spiro atoms. The molecule has 4 heterocycles. The van der Waals surface area contributed by atoms with E-state index in [-0.39, 0.29) is 0 Å². The van der Waals surface area contributed by atoms with Gasteiger partial charge >= 0.3 is 0 Å². The zero-order valence-corrected chi connectivity index (χ0v) is 63.7. The fourth-order valence-corrected chi connectivity index (χ4v) is 19.8. The van der Waals surface area contributed by atoms with Crippen LogP contribution in [0.2, 0.25) is 0 Å². The van der Waals surface area contributed by atoms with E-state index in [9.17, 15) is 0 Å². The third-order valence-electron chi connectivity index (χ3n) is 22.9. The van der Waals surface area contributed by atoms with Gasteiger partial charge in [-0.15, -0.1) is 22.7 Å². The van der Waals surface area contributed by atoms with E-state index in [1.807, 2.05) is 22.7 Å². The summed E-state index contributed by atoms with van der Waals surface area (Å²) in [6.07, 6.45) is 0. The summed E-state index contributed by atoms with van der Waals surface area (Å²) in [5.74, 6) is 0. The molecule has 23 rings (SSSR count). The topological polar surface area (TPSA) is 16.3 Å². The summed E-state index contributed by atoms with van der Waals surface area (Å²) in [4.78, 5) is 4.68. The Labute approximate surface area is 667 Å². The number of para-hydroxylation sites is 4. The summed E-state index contributed by atoms with van der Waals surface area (Å²) < 4.78 is 10.2. The molecule has 0 saturated carbocycles. The molecule has 0 bridgehead atoms. The first-order valence-corrected chi connectivity index (χ1v) is 40.5. The van der Waals surface area contributed by atoms with Crippen molar-refractivity contribution < 1.29 is 0 Å². The van der Waals surface area contributed by atoms with Crippen LogP contribution >= 0.6 is 22.7 Å². The van der Waals surface area contributed by atoms with Crippen molar-refractivity contribution >= 4 is 173 Å². The highest BCUT2D eigenvalue weighted by molar-refractivity contribution is 7.27. The van der Waals surface area contributed by atoms with Crippen molar-refractivity contribution in [3.8, 4) is 55.9 Å². The summed E-state index contributed by atoms with van der Waals surface area (Å²) in [7, 11) is 0. The van der Waals surface area contributed by atoms with Crippen molar-refractivity contribution in [2.75, 3.05) is 9.80 Å². The minimum atomic E-state index is 1.11. The van der Waals surface area contributed by atoms with Crippen molar-refractivity contribution in [1.82, 2.24) is 9.13 Å². The molecule has 0 saturated heterocycles. The second kappa shape index (κ2) is 27.9. The Kier molecular flexibility index (Phi) is 16.3. The molecular weight excluding hydrogens is 1420 g/mol. The van der Waals surface area contributed by atoms with Crippen molar-refractivity contribution in [2.45, 2.75) is 0 Å². The van der Waals surface area contributed by atoms with Crippen molar-refractivity contribution in [3.63, 3.8) is 0 Å². The van der Waals surface area contributed by atoms with Crippen LogP contribution in [0.4, 0.5) is 34.1 Å².